The van der Waals surface area contributed by atoms with E-state index < -0.39 is 0 Å². The minimum Gasteiger partial charge on any atom is -0.340 e. The summed E-state index contributed by atoms with van der Waals surface area (Å²) in [5.74, 6) is 2.81. The van der Waals surface area contributed by atoms with Gasteiger partial charge in [-0.2, -0.15) is 0 Å². The van der Waals surface area contributed by atoms with Gasteiger partial charge in [0, 0.05) is 13.2 Å². The Bertz CT molecular complexity index is 313. The number of aryl methyl sites for hydroxylation is 1. The molecule has 1 fully saturated rings. The van der Waals surface area contributed by atoms with E-state index in [1.807, 2.05) is 17.8 Å². The molecule has 1 aliphatic carbocycles. The Balaban J connectivity index is 2.38. The predicted molar refractivity (Wildman–Crippen MR) is 43.0 cm³/mol. The molecule has 0 unspecified atom stereocenters. The van der Waals surface area contributed by atoms with Crippen molar-refractivity contribution in [3.05, 3.63) is 18.2 Å². The van der Waals surface area contributed by atoms with Crippen molar-refractivity contribution in [1.82, 2.24) is 9.55 Å². The second-order valence-electron chi connectivity index (χ2n) is 3.15. The molecule has 0 aromatic carbocycles. The van der Waals surface area contributed by atoms with Crippen LogP contribution in [0, 0.1) is 12.3 Å². The molecule has 1 aromatic heterocycles. The second kappa shape index (κ2) is 1.88. The van der Waals surface area contributed by atoms with Crippen LogP contribution in [0.15, 0.2) is 12.5 Å². The molecule has 0 N–H and O–H groups in total. The highest BCUT2D eigenvalue weighted by Crippen LogP contribution is 2.46. The topological polar surface area (TPSA) is 17.8 Å². The summed E-state index contributed by atoms with van der Waals surface area (Å²) in [4.78, 5) is 4.24. The zero-order valence-electron chi connectivity index (χ0n) is 6.54. The van der Waals surface area contributed by atoms with Gasteiger partial charge >= 0.3 is 0 Å². The largest absolute Gasteiger partial charge is 0.340 e. The maximum absolute atomic E-state index is 5.41. The van der Waals surface area contributed by atoms with Crippen molar-refractivity contribution in [2.24, 2.45) is 7.05 Å². The van der Waals surface area contributed by atoms with Crippen LogP contribution in [0.5, 0.6) is 0 Å². The molecule has 1 saturated carbocycles. The van der Waals surface area contributed by atoms with Gasteiger partial charge < -0.3 is 4.57 Å². The number of hydrogen-bond donors (Lipinski definition) is 0. The molecule has 0 amide bonds. The third kappa shape index (κ3) is 0.848. The Morgan fingerprint density at radius 1 is 1.73 bits per heavy atom. The Hall–Kier alpha value is -1.23. The van der Waals surface area contributed by atoms with E-state index in [0.717, 1.165) is 18.5 Å². The molecule has 0 saturated heterocycles. The number of rotatable bonds is 1. The quantitative estimate of drug-likeness (QED) is 0.542. The fraction of sp³-hybridized carbons (Fsp3) is 0.444. The van der Waals surface area contributed by atoms with Crippen molar-refractivity contribution < 1.29 is 0 Å². The summed E-state index contributed by atoms with van der Waals surface area (Å²) in [7, 11) is 1.96. The van der Waals surface area contributed by atoms with Crippen molar-refractivity contribution in [3.63, 3.8) is 0 Å². The molecular formula is C9H10N2. The summed E-state index contributed by atoms with van der Waals surface area (Å²) in [6.45, 7) is 0. The molecule has 2 heteroatoms. The van der Waals surface area contributed by atoms with Crippen LogP contribution >= 0.6 is 0 Å². The molecule has 2 nitrogen and oxygen atoms in total. The molecule has 1 aliphatic rings. The minimum absolute atomic E-state index is 0.00125. The number of terminal acetylenes is 1. The Labute approximate surface area is 66.3 Å². The SMILES string of the molecule is C#CC1(c2cn(C)cn2)CC1. The van der Waals surface area contributed by atoms with Crippen molar-refractivity contribution in [3.8, 4) is 12.3 Å². The summed E-state index contributed by atoms with van der Waals surface area (Å²) in [5.41, 5.74) is 1.06. The molecule has 1 aromatic rings. The molecule has 0 radical (unpaired) electrons. The number of nitrogens with zero attached hydrogens (tertiary/aromatic N) is 2. The van der Waals surface area contributed by atoms with Crippen LogP contribution in [-0.4, -0.2) is 9.55 Å². The van der Waals surface area contributed by atoms with E-state index in [2.05, 4.69) is 10.9 Å². The maximum atomic E-state index is 5.41. The van der Waals surface area contributed by atoms with Crippen LogP contribution in [0.3, 0.4) is 0 Å². The summed E-state index contributed by atoms with van der Waals surface area (Å²) in [6, 6.07) is 0. The van der Waals surface area contributed by atoms with Gasteiger partial charge in [-0.3, -0.25) is 0 Å². The van der Waals surface area contributed by atoms with Crippen molar-refractivity contribution >= 4 is 0 Å². The number of imidazole rings is 1. The van der Waals surface area contributed by atoms with E-state index in [1.54, 1.807) is 6.33 Å². The number of hydrogen-bond acceptors (Lipinski definition) is 1. The molecule has 1 heterocycles. The third-order valence-electron chi connectivity index (χ3n) is 2.22. The first-order chi connectivity index (χ1) is 5.27. The molecule has 11 heavy (non-hydrogen) atoms. The fourth-order valence-electron chi connectivity index (χ4n) is 1.26. The first-order valence-electron chi connectivity index (χ1n) is 3.73. The predicted octanol–water partition coefficient (Wildman–Crippen LogP) is 1.08. The van der Waals surface area contributed by atoms with Crippen LogP contribution in [0.4, 0.5) is 0 Å². The van der Waals surface area contributed by atoms with Gasteiger partial charge in [0.15, 0.2) is 0 Å². The Morgan fingerprint density at radius 3 is 2.82 bits per heavy atom. The summed E-state index contributed by atoms with van der Waals surface area (Å²) in [6.07, 6.45) is 11.4. The average Bonchev–Trinajstić information content (AvgIpc) is 2.70. The minimum atomic E-state index is 0.00125. The van der Waals surface area contributed by atoms with E-state index >= 15 is 0 Å². The maximum Gasteiger partial charge on any atom is 0.0947 e. The summed E-state index contributed by atoms with van der Waals surface area (Å²) >= 11 is 0. The highest BCUT2D eigenvalue weighted by atomic mass is 15.0. The molecule has 0 aliphatic heterocycles. The van der Waals surface area contributed by atoms with E-state index in [9.17, 15) is 0 Å². The fourth-order valence-corrected chi connectivity index (χ4v) is 1.26. The van der Waals surface area contributed by atoms with Gasteiger partial charge in [0.25, 0.3) is 0 Å². The zero-order valence-corrected chi connectivity index (χ0v) is 6.54. The molecule has 56 valence electrons. The average molecular weight is 146 g/mol. The van der Waals surface area contributed by atoms with E-state index in [-0.39, 0.29) is 5.41 Å². The lowest BCUT2D eigenvalue weighted by Crippen LogP contribution is -2.02. The molecule has 2 rings (SSSR count). The molecule has 0 spiro atoms. The summed E-state index contributed by atoms with van der Waals surface area (Å²) < 4.78 is 1.94. The molecular weight excluding hydrogens is 136 g/mol. The van der Waals surface area contributed by atoms with Gasteiger partial charge in [-0.1, -0.05) is 5.92 Å². The lowest BCUT2D eigenvalue weighted by atomic mass is 10.1. The Morgan fingerprint density at radius 2 is 2.45 bits per heavy atom. The highest BCUT2D eigenvalue weighted by molar-refractivity contribution is 5.34. The van der Waals surface area contributed by atoms with Crippen molar-refractivity contribution in [1.29, 1.82) is 0 Å². The van der Waals surface area contributed by atoms with Crippen molar-refractivity contribution in [2.45, 2.75) is 18.3 Å². The highest BCUT2D eigenvalue weighted by Gasteiger charge is 2.44. The van der Waals surface area contributed by atoms with Crippen LogP contribution in [0.25, 0.3) is 0 Å². The second-order valence-corrected chi connectivity index (χ2v) is 3.15. The van der Waals surface area contributed by atoms with Gasteiger partial charge in [0.2, 0.25) is 0 Å². The number of aromatic nitrogens is 2. The zero-order chi connectivity index (χ0) is 7.90. The van der Waals surface area contributed by atoms with Crippen LogP contribution in [0.2, 0.25) is 0 Å². The normalized spacial score (nSPS) is 19.3. The van der Waals surface area contributed by atoms with Gasteiger partial charge in [-0.05, 0) is 12.8 Å². The van der Waals surface area contributed by atoms with Crippen LogP contribution in [0.1, 0.15) is 18.5 Å². The lowest BCUT2D eigenvalue weighted by Gasteiger charge is -1.99. The molecule has 0 bridgehead atoms. The van der Waals surface area contributed by atoms with E-state index in [1.165, 1.54) is 0 Å². The van der Waals surface area contributed by atoms with Gasteiger partial charge in [-0.15, -0.1) is 6.42 Å². The third-order valence-corrected chi connectivity index (χ3v) is 2.22. The Kier molecular flexibility index (Phi) is 1.11. The first kappa shape index (κ1) is 6.48. The van der Waals surface area contributed by atoms with Gasteiger partial charge in [-0.25, -0.2) is 4.98 Å². The molecule has 0 atom stereocenters. The van der Waals surface area contributed by atoms with Crippen molar-refractivity contribution in [2.75, 3.05) is 0 Å². The van der Waals surface area contributed by atoms with Crippen LogP contribution in [-0.2, 0) is 12.5 Å². The summed E-state index contributed by atoms with van der Waals surface area (Å²) in [5, 5.41) is 0. The van der Waals surface area contributed by atoms with E-state index in [0.29, 0.717) is 0 Å². The lowest BCUT2D eigenvalue weighted by molar-refractivity contribution is 0.876. The standard InChI is InChI=1S/C9H10N2/c1-3-9(4-5-9)8-6-11(2)7-10-8/h1,6-7H,4-5H2,2H3. The van der Waals surface area contributed by atoms with Crippen LogP contribution < -0.4 is 0 Å². The monoisotopic (exact) mass is 146 g/mol. The van der Waals surface area contributed by atoms with Gasteiger partial charge in [0.1, 0.15) is 0 Å². The smallest absolute Gasteiger partial charge is 0.0947 e. The van der Waals surface area contributed by atoms with Gasteiger partial charge in [0.05, 0.1) is 17.4 Å². The first-order valence-corrected chi connectivity index (χ1v) is 3.73. The van der Waals surface area contributed by atoms with E-state index in [4.69, 9.17) is 6.42 Å².